The van der Waals surface area contributed by atoms with Gasteiger partial charge in [0.05, 0.1) is 7.11 Å². The minimum Gasteiger partial charge on any atom is -0.453 e. The molecule has 2 atom stereocenters. The molecule has 0 spiro atoms. The van der Waals surface area contributed by atoms with Crippen LogP contribution in [0.4, 0.5) is 9.18 Å². The zero-order chi connectivity index (χ0) is 13.8. The number of likely N-dealkylation sites (tertiary alicyclic amines) is 1. The van der Waals surface area contributed by atoms with Gasteiger partial charge in [-0.25, -0.2) is 9.18 Å². The first kappa shape index (κ1) is 13.8. The van der Waals surface area contributed by atoms with Crippen LogP contribution >= 0.6 is 0 Å². The zero-order valence-corrected chi connectivity index (χ0v) is 10.9. The number of amides is 1. The van der Waals surface area contributed by atoms with Crippen molar-refractivity contribution in [3.8, 4) is 0 Å². The minimum atomic E-state index is -0.365. The molecule has 5 heteroatoms. The van der Waals surface area contributed by atoms with E-state index < -0.39 is 0 Å². The van der Waals surface area contributed by atoms with Gasteiger partial charge in [-0.1, -0.05) is 12.1 Å². The highest BCUT2D eigenvalue weighted by molar-refractivity contribution is 5.67. The molecule has 0 aromatic heterocycles. The molecule has 1 aliphatic heterocycles. The van der Waals surface area contributed by atoms with Gasteiger partial charge in [0.15, 0.2) is 0 Å². The number of nitrogens with zero attached hydrogens (tertiary/aromatic N) is 1. The molecule has 4 nitrogen and oxygen atoms in total. The van der Waals surface area contributed by atoms with Gasteiger partial charge in [0, 0.05) is 25.6 Å². The van der Waals surface area contributed by atoms with E-state index in [1.165, 1.54) is 19.2 Å². The van der Waals surface area contributed by atoms with Gasteiger partial charge in [0.25, 0.3) is 0 Å². The van der Waals surface area contributed by atoms with E-state index in [9.17, 15) is 14.3 Å². The molecule has 2 unspecified atom stereocenters. The van der Waals surface area contributed by atoms with Crippen molar-refractivity contribution >= 4 is 6.09 Å². The van der Waals surface area contributed by atoms with Crippen LogP contribution in [0.25, 0.3) is 0 Å². The predicted octanol–water partition coefficient (Wildman–Crippen LogP) is 1.99. The molecule has 2 rings (SSSR count). The fourth-order valence-electron chi connectivity index (χ4n) is 2.66. The van der Waals surface area contributed by atoms with Crippen molar-refractivity contribution in [2.24, 2.45) is 5.92 Å². The van der Waals surface area contributed by atoms with Crippen LogP contribution in [0.3, 0.4) is 0 Å². The molecular weight excluding hydrogens is 249 g/mol. The number of benzene rings is 1. The van der Waals surface area contributed by atoms with E-state index in [1.54, 1.807) is 17.0 Å². The van der Waals surface area contributed by atoms with Gasteiger partial charge >= 0.3 is 6.09 Å². The van der Waals surface area contributed by atoms with E-state index in [2.05, 4.69) is 0 Å². The van der Waals surface area contributed by atoms with Crippen LogP contribution in [0.2, 0.25) is 0 Å². The number of methoxy groups -OCH3 is 1. The fourth-order valence-corrected chi connectivity index (χ4v) is 2.66. The van der Waals surface area contributed by atoms with Crippen molar-refractivity contribution < 1.29 is 19.0 Å². The molecule has 1 heterocycles. The second kappa shape index (κ2) is 6.02. The lowest BCUT2D eigenvalue weighted by Gasteiger charge is -2.37. The highest BCUT2D eigenvalue weighted by Gasteiger charge is 2.32. The van der Waals surface area contributed by atoms with E-state index in [1.807, 2.05) is 0 Å². The lowest BCUT2D eigenvalue weighted by atomic mass is 9.81. The predicted molar refractivity (Wildman–Crippen MR) is 68.3 cm³/mol. The molecule has 1 aliphatic rings. The maximum Gasteiger partial charge on any atom is 0.409 e. The van der Waals surface area contributed by atoms with Gasteiger partial charge in [-0.2, -0.15) is 0 Å². The summed E-state index contributed by atoms with van der Waals surface area (Å²) in [5.41, 5.74) is 1.00. The van der Waals surface area contributed by atoms with Crippen molar-refractivity contribution in [2.45, 2.75) is 12.3 Å². The van der Waals surface area contributed by atoms with Crippen LogP contribution < -0.4 is 0 Å². The number of aliphatic hydroxyl groups excluding tert-OH is 1. The summed E-state index contributed by atoms with van der Waals surface area (Å²) in [5.74, 6) is -0.166. The van der Waals surface area contributed by atoms with Crippen molar-refractivity contribution in [1.29, 1.82) is 0 Å². The molecule has 1 saturated heterocycles. The highest BCUT2D eigenvalue weighted by Crippen LogP contribution is 2.33. The SMILES string of the molecule is COC(=O)N1CCC(c2ccc(F)cc2)C(CO)C1. The minimum absolute atomic E-state index is 0.00443. The Kier molecular flexibility index (Phi) is 4.37. The number of carbonyl (C=O) groups excluding carboxylic acids is 1. The number of piperidine rings is 1. The van der Waals surface area contributed by atoms with Crippen molar-refractivity contribution in [2.75, 3.05) is 26.8 Å². The Morgan fingerprint density at radius 1 is 1.47 bits per heavy atom. The molecule has 19 heavy (non-hydrogen) atoms. The number of aliphatic hydroxyl groups is 1. The molecular formula is C14H18FNO3. The highest BCUT2D eigenvalue weighted by atomic mass is 19.1. The summed E-state index contributed by atoms with van der Waals surface area (Å²) in [4.78, 5) is 13.1. The topological polar surface area (TPSA) is 49.8 Å². The molecule has 1 fully saturated rings. The first-order valence-electron chi connectivity index (χ1n) is 6.35. The summed E-state index contributed by atoms with van der Waals surface area (Å²) >= 11 is 0. The average molecular weight is 267 g/mol. The molecule has 0 saturated carbocycles. The van der Waals surface area contributed by atoms with E-state index in [4.69, 9.17) is 4.74 Å². The van der Waals surface area contributed by atoms with Crippen molar-refractivity contribution in [1.82, 2.24) is 4.90 Å². The number of carbonyl (C=O) groups is 1. The molecule has 1 N–H and O–H groups in total. The van der Waals surface area contributed by atoms with Gasteiger partial charge < -0.3 is 14.7 Å². The van der Waals surface area contributed by atoms with E-state index in [0.29, 0.717) is 13.1 Å². The molecule has 0 aliphatic carbocycles. The smallest absolute Gasteiger partial charge is 0.409 e. The van der Waals surface area contributed by atoms with Crippen molar-refractivity contribution in [3.63, 3.8) is 0 Å². The molecule has 1 aromatic rings. The third-order valence-corrected chi connectivity index (χ3v) is 3.70. The number of ether oxygens (including phenoxy) is 1. The number of rotatable bonds is 2. The molecule has 1 aromatic carbocycles. The number of halogens is 1. The van der Waals surface area contributed by atoms with Crippen LogP contribution in [-0.2, 0) is 4.74 Å². The molecule has 0 radical (unpaired) electrons. The summed E-state index contributed by atoms with van der Waals surface area (Å²) in [5, 5.41) is 9.50. The standard InChI is InChI=1S/C14H18FNO3/c1-19-14(18)16-7-6-13(11(8-16)9-17)10-2-4-12(15)5-3-10/h2-5,11,13,17H,6-9H2,1H3. The van der Waals surface area contributed by atoms with E-state index in [-0.39, 0.29) is 30.4 Å². The Labute approximate surface area is 111 Å². The van der Waals surface area contributed by atoms with Gasteiger partial charge in [0.2, 0.25) is 0 Å². The second-order valence-electron chi connectivity index (χ2n) is 4.81. The Bertz CT molecular complexity index is 435. The summed E-state index contributed by atoms with van der Waals surface area (Å²) in [6, 6.07) is 6.35. The Hall–Kier alpha value is -1.62. The molecule has 104 valence electrons. The monoisotopic (exact) mass is 267 g/mol. The van der Waals surface area contributed by atoms with Crippen LogP contribution in [0.5, 0.6) is 0 Å². The van der Waals surface area contributed by atoms with Gasteiger partial charge in [-0.05, 0) is 30.0 Å². The van der Waals surface area contributed by atoms with E-state index >= 15 is 0 Å². The summed E-state index contributed by atoms with van der Waals surface area (Å²) in [7, 11) is 1.35. The summed E-state index contributed by atoms with van der Waals surface area (Å²) in [6.07, 6.45) is 0.377. The van der Waals surface area contributed by atoms with Crippen LogP contribution in [0.15, 0.2) is 24.3 Å². The molecule has 0 bridgehead atoms. The normalized spacial score (nSPS) is 23.2. The summed E-state index contributed by atoms with van der Waals surface area (Å²) < 4.78 is 17.6. The Balaban J connectivity index is 2.11. The Morgan fingerprint density at radius 2 is 2.16 bits per heavy atom. The maximum atomic E-state index is 12.9. The van der Waals surface area contributed by atoms with Crippen LogP contribution in [-0.4, -0.2) is 42.9 Å². The summed E-state index contributed by atoms with van der Waals surface area (Å²) in [6.45, 7) is 1.05. The first-order chi connectivity index (χ1) is 9.15. The quantitative estimate of drug-likeness (QED) is 0.891. The van der Waals surface area contributed by atoms with Crippen LogP contribution in [0, 0.1) is 11.7 Å². The van der Waals surface area contributed by atoms with Crippen molar-refractivity contribution in [3.05, 3.63) is 35.6 Å². The van der Waals surface area contributed by atoms with E-state index in [0.717, 1.165) is 12.0 Å². The lowest BCUT2D eigenvalue weighted by molar-refractivity contribution is 0.0773. The third kappa shape index (κ3) is 3.04. The van der Waals surface area contributed by atoms with Crippen LogP contribution in [0.1, 0.15) is 17.9 Å². The zero-order valence-electron chi connectivity index (χ0n) is 10.9. The maximum absolute atomic E-state index is 12.9. The number of hydrogen-bond donors (Lipinski definition) is 1. The largest absolute Gasteiger partial charge is 0.453 e. The average Bonchev–Trinajstić information content (AvgIpc) is 2.46. The number of hydrogen-bond acceptors (Lipinski definition) is 3. The Morgan fingerprint density at radius 3 is 2.74 bits per heavy atom. The first-order valence-corrected chi connectivity index (χ1v) is 6.35. The second-order valence-corrected chi connectivity index (χ2v) is 4.81. The van der Waals surface area contributed by atoms with Gasteiger partial charge in [-0.3, -0.25) is 0 Å². The fraction of sp³-hybridized carbons (Fsp3) is 0.500. The lowest BCUT2D eigenvalue weighted by Crippen LogP contribution is -2.44. The third-order valence-electron chi connectivity index (χ3n) is 3.70. The molecule has 1 amide bonds. The van der Waals surface area contributed by atoms with Gasteiger partial charge in [0.1, 0.15) is 5.82 Å². The van der Waals surface area contributed by atoms with Gasteiger partial charge in [-0.15, -0.1) is 0 Å².